The molecule has 0 radical (unpaired) electrons. The zero-order chi connectivity index (χ0) is 13.9. The monoisotopic (exact) mass is 265 g/mol. The van der Waals surface area contributed by atoms with Gasteiger partial charge < -0.3 is 14.6 Å². The second kappa shape index (κ2) is 6.07. The molecule has 2 heterocycles. The van der Waals surface area contributed by atoms with Crippen LogP contribution in [0.2, 0.25) is 0 Å². The van der Waals surface area contributed by atoms with Crippen LogP contribution in [-0.2, 0) is 6.54 Å². The molecule has 0 spiro atoms. The SMILES string of the molecule is Cc1ccoc1CNCC(C)(C)N1CCN(C)CC1. The third kappa shape index (κ3) is 3.81. The second-order valence-corrected chi connectivity index (χ2v) is 6.23. The highest BCUT2D eigenvalue weighted by molar-refractivity contribution is 5.14. The molecule has 0 aromatic carbocycles. The highest BCUT2D eigenvalue weighted by atomic mass is 16.3. The van der Waals surface area contributed by atoms with Gasteiger partial charge in [0.25, 0.3) is 0 Å². The van der Waals surface area contributed by atoms with Crippen molar-refractivity contribution in [2.24, 2.45) is 0 Å². The summed E-state index contributed by atoms with van der Waals surface area (Å²) in [6.45, 7) is 13.2. The van der Waals surface area contributed by atoms with Crippen molar-refractivity contribution in [1.29, 1.82) is 0 Å². The number of hydrogen-bond acceptors (Lipinski definition) is 4. The average molecular weight is 265 g/mol. The van der Waals surface area contributed by atoms with Gasteiger partial charge >= 0.3 is 0 Å². The molecule has 1 fully saturated rings. The van der Waals surface area contributed by atoms with Crippen molar-refractivity contribution in [1.82, 2.24) is 15.1 Å². The van der Waals surface area contributed by atoms with E-state index in [9.17, 15) is 0 Å². The Kier molecular flexibility index (Phi) is 4.66. The summed E-state index contributed by atoms with van der Waals surface area (Å²) >= 11 is 0. The molecule has 1 saturated heterocycles. The van der Waals surface area contributed by atoms with E-state index in [1.807, 2.05) is 6.07 Å². The lowest BCUT2D eigenvalue weighted by molar-refractivity contribution is 0.0615. The lowest BCUT2D eigenvalue weighted by Crippen LogP contribution is -2.57. The van der Waals surface area contributed by atoms with Crippen LogP contribution in [0.4, 0.5) is 0 Å². The summed E-state index contributed by atoms with van der Waals surface area (Å²) in [5, 5.41) is 3.53. The number of nitrogens with zero attached hydrogens (tertiary/aromatic N) is 2. The van der Waals surface area contributed by atoms with E-state index < -0.39 is 0 Å². The molecule has 2 rings (SSSR count). The van der Waals surface area contributed by atoms with Crippen LogP contribution < -0.4 is 5.32 Å². The molecule has 4 nitrogen and oxygen atoms in total. The quantitative estimate of drug-likeness (QED) is 0.878. The average Bonchev–Trinajstić information content (AvgIpc) is 2.75. The number of likely N-dealkylation sites (N-methyl/N-ethyl adjacent to an activating group) is 1. The third-order valence-corrected chi connectivity index (χ3v) is 4.17. The predicted molar refractivity (Wildman–Crippen MR) is 78.3 cm³/mol. The lowest BCUT2D eigenvalue weighted by Gasteiger charge is -2.43. The first-order valence-electron chi connectivity index (χ1n) is 7.16. The first-order chi connectivity index (χ1) is 8.99. The van der Waals surface area contributed by atoms with Gasteiger partial charge in [-0.2, -0.15) is 0 Å². The van der Waals surface area contributed by atoms with Gasteiger partial charge in [0.1, 0.15) is 5.76 Å². The fourth-order valence-electron chi connectivity index (χ4n) is 2.59. The van der Waals surface area contributed by atoms with E-state index in [0.29, 0.717) is 0 Å². The van der Waals surface area contributed by atoms with Crippen molar-refractivity contribution in [3.05, 3.63) is 23.7 Å². The molecule has 1 aromatic heterocycles. The minimum absolute atomic E-state index is 0.196. The number of furan rings is 1. The van der Waals surface area contributed by atoms with E-state index in [4.69, 9.17) is 4.42 Å². The maximum atomic E-state index is 5.46. The number of hydrogen-bond donors (Lipinski definition) is 1. The van der Waals surface area contributed by atoms with E-state index in [1.54, 1.807) is 6.26 Å². The van der Waals surface area contributed by atoms with Gasteiger partial charge in [0.2, 0.25) is 0 Å². The Labute approximate surface area is 116 Å². The van der Waals surface area contributed by atoms with Crippen molar-refractivity contribution in [3.63, 3.8) is 0 Å². The Balaban J connectivity index is 1.79. The third-order valence-electron chi connectivity index (χ3n) is 4.17. The molecular weight excluding hydrogens is 238 g/mol. The molecule has 108 valence electrons. The number of aryl methyl sites for hydroxylation is 1. The molecule has 4 heteroatoms. The molecule has 0 atom stereocenters. The van der Waals surface area contributed by atoms with Crippen LogP contribution in [0.25, 0.3) is 0 Å². The Morgan fingerprint density at radius 3 is 2.53 bits per heavy atom. The minimum Gasteiger partial charge on any atom is -0.468 e. The maximum absolute atomic E-state index is 5.46. The number of rotatable bonds is 5. The zero-order valence-corrected chi connectivity index (χ0v) is 12.7. The van der Waals surface area contributed by atoms with E-state index >= 15 is 0 Å². The summed E-state index contributed by atoms with van der Waals surface area (Å²) in [4.78, 5) is 4.97. The maximum Gasteiger partial charge on any atom is 0.120 e. The summed E-state index contributed by atoms with van der Waals surface area (Å²) in [5.74, 6) is 1.05. The van der Waals surface area contributed by atoms with Crippen molar-refractivity contribution < 1.29 is 4.42 Å². The van der Waals surface area contributed by atoms with Gasteiger partial charge in [0.05, 0.1) is 12.8 Å². The van der Waals surface area contributed by atoms with Crippen LogP contribution in [0, 0.1) is 6.92 Å². The van der Waals surface area contributed by atoms with Crippen LogP contribution >= 0.6 is 0 Å². The van der Waals surface area contributed by atoms with Crippen molar-refractivity contribution in [2.75, 3.05) is 39.8 Å². The Bertz CT molecular complexity index is 392. The summed E-state index contributed by atoms with van der Waals surface area (Å²) in [6.07, 6.45) is 1.76. The number of piperazine rings is 1. The largest absolute Gasteiger partial charge is 0.468 e. The highest BCUT2D eigenvalue weighted by Crippen LogP contribution is 2.16. The van der Waals surface area contributed by atoms with Gasteiger partial charge in [-0.3, -0.25) is 4.90 Å². The van der Waals surface area contributed by atoms with Gasteiger partial charge in [-0.1, -0.05) is 0 Å². The van der Waals surface area contributed by atoms with Crippen LogP contribution in [0.15, 0.2) is 16.7 Å². The first-order valence-corrected chi connectivity index (χ1v) is 7.16. The molecule has 0 bridgehead atoms. The summed E-state index contributed by atoms with van der Waals surface area (Å²) < 4.78 is 5.46. The lowest BCUT2D eigenvalue weighted by atomic mass is 10.0. The Morgan fingerprint density at radius 2 is 1.95 bits per heavy atom. The molecule has 0 amide bonds. The zero-order valence-electron chi connectivity index (χ0n) is 12.7. The van der Waals surface area contributed by atoms with E-state index in [2.05, 4.69) is 42.9 Å². The fourth-order valence-corrected chi connectivity index (χ4v) is 2.59. The minimum atomic E-state index is 0.196. The van der Waals surface area contributed by atoms with E-state index in [0.717, 1.165) is 31.9 Å². The second-order valence-electron chi connectivity index (χ2n) is 6.23. The van der Waals surface area contributed by atoms with Crippen LogP contribution in [-0.4, -0.2) is 55.1 Å². The Hall–Kier alpha value is -0.840. The van der Waals surface area contributed by atoms with Gasteiger partial charge in [0.15, 0.2) is 0 Å². The molecule has 1 N–H and O–H groups in total. The molecular formula is C15H27N3O. The molecule has 1 aromatic rings. The van der Waals surface area contributed by atoms with Crippen molar-refractivity contribution in [2.45, 2.75) is 32.9 Å². The molecule has 0 aliphatic carbocycles. The van der Waals surface area contributed by atoms with Gasteiger partial charge in [-0.25, -0.2) is 0 Å². The topological polar surface area (TPSA) is 31.7 Å². The van der Waals surface area contributed by atoms with Crippen LogP contribution in [0.5, 0.6) is 0 Å². The normalized spacial score (nSPS) is 18.9. The predicted octanol–water partition coefficient (Wildman–Crippen LogP) is 1.70. The van der Waals surface area contributed by atoms with E-state index in [1.165, 1.54) is 18.7 Å². The smallest absolute Gasteiger partial charge is 0.120 e. The first kappa shape index (κ1) is 14.6. The summed E-state index contributed by atoms with van der Waals surface area (Å²) in [7, 11) is 2.20. The fraction of sp³-hybridized carbons (Fsp3) is 0.733. The Morgan fingerprint density at radius 1 is 1.26 bits per heavy atom. The van der Waals surface area contributed by atoms with Crippen LogP contribution in [0.3, 0.4) is 0 Å². The molecule has 19 heavy (non-hydrogen) atoms. The van der Waals surface area contributed by atoms with Crippen molar-refractivity contribution in [3.8, 4) is 0 Å². The summed E-state index contributed by atoms with van der Waals surface area (Å²) in [6, 6.07) is 2.02. The van der Waals surface area contributed by atoms with E-state index in [-0.39, 0.29) is 5.54 Å². The molecule has 1 aliphatic heterocycles. The highest BCUT2D eigenvalue weighted by Gasteiger charge is 2.28. The molecule has 0 unspecified atom stereocenters. The standard InChI is InChI=1S/C15H27N3O/c1-13-5-10-19-14(13)11-16-12-15(2,3)18-8-6-17(4)7-9-18/h5,10,16H,6-9,11-12H2,1-4H3. The molecule has 0 saturated carbocycles. The van der Waals surface area contributed by atoms with Gasteiger partial charge in [-0.15, -0.1) is 0 Å². The van der Waals surface area contributed by atoms with Gasteiger partial charge in [-0.05, 0) is 39.4 Å². The number of nitrogens with one attached hydrogen (secondary N) is 1. The van der Waals surface area contributed by atoms with Gasteiger partial charge in [0, 0.05) is 38.3 Å². The summed E-state index contributed by atoms with van der Waals surface area (Å²) in [5.41, 5.74) is 1.42. The van der Waals surface area contributed by atoms with Crippen LogP contribution in [0.1, 0.15) is 25.2 Å². The van der Waals surface area contributed by atoms with Crippen molar-refractivity contribution >= 4 is 0 Å². The molecule has 1 aliphatic rings.